The number of benzene rings is 1. The second-order valence-corrected chi connectivity index (χ2v) is 9.49. The maximum atomic E-state index is 13.3. The lowest BCUT2D eigenvalue weighted by molar-refractivity contribution is -0.120. The van der Waals surface area contributed by atoms with E-state index >= 15 is 0 Å². The largest absolute Gasteiger partial charge is 0.302 e. The second-order valence-electron chi connectivity index (χ2n) is 6.39. The molecule has 2 heterocycles. The molecule has 1 fully saturated rings. The van der Waals surface area contributed by atoms with Crippen molar-refractivity contribution in [2.24, 2.45) is 5.92 Å². The van der Waals surface area contributed by atoms with Crippen molar-refractivity contribution < 1.29 is 17.6 Å². The van der Waals surface area contributed by atoms with Crippen molar-refractivity contribution in [3.63, 3.8) is 0 Å². The summed E-state index contributed by atoms with van der Waals surface area (Å²) in [7, 11) is -3.29. The minimum Gasteiger partial charge on any atom is -0.302 e. The Kier molecular flexibility index (Phi) is 5.69. The molecule has 0 bridgehead atoms. The van der Waals surface area contributed by atoms with E-state index < -0.39 is 10.0 Å². The van der Waals surface area contributed by atoms with Crippen LogP contribution in [0, 0.1) is 11.7 Å². The molecule has 1 N–H and O–H groups in total. The van der Waals surface area contributed by atoms with Gasteiger partial charge in [0.2, 0.25) is 15.9 Å². The van der Waals surface area contributed by atoms with Crippen LogP contribution in [0.2, 0.25) is 0 Å². The van der Waals surface area contributed by atoms with Gasteiger partial charge in [-0.3, -0.25) is 4.79 Å². The first-order valence-electron chi connectivity index (χ1n) is 8.26. The number of carbonyl (C=O) groups excluding carboxylic acids is 1. The maximum absolute atomic E-state index is 13.3. The number of carbonyl (C=O) groups is 1. The van der Waals surface area contributed by atoms with E-state index in [1.54, 1.807) is 12.3 Å². The quantitative estimate of drug-likeness (QED) is 0.841. The first-order valence-corrected chi connectivity index (χ1v) is 10.9. The van der Waals surface area contributed by atoms with Crippen molar-refractivity contribution >= 4 is 32.4 Å². The van der Waals surface area contributed by atoms with Gasteiger partial charge in [0.25, 0.3) is 0 Å². The van der Waals surface area contributed by atoms with Crippen LogP contribution in [-0.4, -0.2) is 43.0 Å². The molecule has 1 aromatic carbocycles. The summed E-state index contributed by atoms with van der Waals surface area (Å²) in [6.07, 6.45) is 4.67. The number of rotatable bonds is 5. The summed E-state index contributed by atoms with van der Waals surface area (Å²) in [5, 5.41) is 3.24. The highest BCUT2D eigenvalue weighted by molar-refractivity contribution is 7.88. The lowest BCUT2D eigenvalue weighted by Gasteiger charge is -2.29. The average Bonchev–Trinajstić information content (AvgIpc) is 3.01. The van der Waals surface area contributed by atoms with Crippen molar-refractivity contribution in [1.29, 1.82) is 0 Å². The molecule has 9 heteroatoms. The Morgan fingerprint density at radius 1 is 1.46 bits per heavy atom. The number of hydrogen-bond donors (Lipinski definition) is 1. The number of thiazole rings is 1. The molecule has 0 spiro atoms. The third kappa shape index (κ3) is 4.87. The van der Waals surface area contributed by atoms with Gasteiger partial charge in [0.15, 0.2) is 5.13 Å². The van der Waals surface area contributed by atoms with Crippen LogP contribution in [0.3, 0.4) is 0 Å². The Bertz CT molecular complexity index is 898. The van der Waals surface area contributed by atoms with Crippen LogP contribution >= 0.6 is 11.3 Å². The van der Waals surface area contributed by atoms with E-state index in [-0.39, 0.29) is 24.2 Å². The molecule has 26 heavy (non-hydrogen) atoms. The SMILES string of the molecule is CS(=O)(=O)N1CCC[C@H](C(=O)Nc2ncc(Cc3cccc(F)c3)s2)C1. The molecule has 0 radical (unpaired) electrons. The summed E-state index contributed by atoms with van der Waals surface area (Å²) >= 11 is 1.33. The summed E-state index contributed by atoms with van der Waals surface area (Å²) < 4.78 is 37.9. The van der Waals surface area contributed by atoms with Crippen LogP contribution in [0.4, 0.5) is 9.52 Å². The molecule has 140 valence electrons. The van der Waals surface area contributed by atoms with Crippen molar-refractivity contribution in [2.45, 2.75) is 19.3 Å². The Morgan fingerprint density at radius 2 is 2.27 bits per heavy atom. The third-order valence-electron chi connectivity index (χ3n) is 4.28. The zero-order valence-corrected chi connectivity index (χ0v) is 15.9. The van der Waals surface area contributed by atoms with Crippen LogP contribution in [-0.2, 0) is 21.2 Å². The van der Waals surface area contributed by atoms with Gasteiger partial charge in [0.05, 0.1) is 12.2 Å². The Labute approximate surface area is 156 Å². The Hall–Kier alpha value is -1.84. The fourth-order valence-electron chi connectivity index (χ4n) is 2.96. The second kappa shape index (κ2) is 7.81. The molecular weight excluding hydrogens is 377 g/mol. The standard InChI is InChI=1S/C17H20FN3O3S2/c1-26(23,24)21-7-3-5-13(11-21)16(22)20-17-19-10-15(25-17)9-12-4-2-6-14(18)8-12/h2,4,6,8,10,13H,3,5,7,9,11H2,1H3,(H,19,20,22)/t13-/m0/s1. The van der Waals surface area contributed by atoms with Gasteiger partial charge in [-0.25, -0.2) is 22.1 Å². The normalized spacial score (nSPS) is 18.6. The molecule has 1 aromatic heterocycles. The first kappa shape index (κ1) is 18.9. The van der Waals surface area contributed by atoms with Gasteiger partial charge in [-0.1, -0.05) is 12.1 Å². The predicted octanol–water partition coefficient (Wildman–Crippen LogP) is 2.48. The molecule has 1 atom stereocenters. The van der Waals surface area contributed by atoms with Crippen molar-refractivity contribution in [3.8, 4) is 0 Å². The third-order valence-corrected chi connectivity index (χ3v) is 6.46. The van der Waals surface area contributed by atoms with Crippen molar-refractivity contribution in [3.05, 3.63) is 46.7 Å². The highest BCUT2D eigenvalue weighted by atomic mass is 32.2. The molecular formula is C17H20FN3O3S2. The number of nitrogens with zero attached hydrogens (tertiary/aromatic N) is 2. The number of halogens is 1. The fraction of sp³-hybridized carbons (Fsp3) is 0.412. The molecule has 2 aromatic rings. The van der Waals surface area contributed by atoms with E-state index in [4.69, 9.17) is 0 Å². The zero-order valence-electron chi connectivity index (χ0n) is 14.3. The predicted molar refractivity (Wildman–Crippen MR) is 99.1 cm³/mol. The van der Waals surface area contributed by atoms with Crippen LogP contribution < -0.4 is 5.32 Å². The number of anilines is 1. The van der Waals surface area contributed by atoms with Crippen LogP contribution in [0.25, 0.3) is 0 Å². The van der Waals surface area contributed by atoms with E-state index in [0.717, 1.165) is 16.7 Å². The molecule has 1 saturated heterocycles. The highest BCUT2D eigenvalue weighted by Crippen LogP contribution is 2.24. The Balaban J connectivity index is 1.61. The molecule has 1 aliphatic heterocycles. The molecule has 1 amide bonds. The molecule has 0 unspecified atom stereocenters. The number of amides is 1. The number of aromatic nitrogens is 1. The Morgan fingerprint density at radius 3 is 3.00 bits per heavy atom. The van der Waals surface area contributed by atoms with E-state index in [1.807, 2.05) is 6.07 Å². The van der Waals surface area contributed by atoms with Gasteiger partial charge in [0, 0.05) is 30.6 Å². The number of nitrogens with one attached hydrogen (secondary N) is 1. The van der Waals surface area contributed by atoms with E-state index in [0.29, 0.717) is 30.9 Å². The van der Waals surface area contributed by atoms with E-state index in [1.165, 1.54) is 27.8 Å². The number of sulfonamides is 1. The van der Waals surface area contributed by atoms with Crippen LogP contribution in [0.5, 0.6) is 0 Å². The van der Waals surface area contributed by atoms with Gasteiger partial charge >= 0.3 is 0 Å². The summed E-state index contributed by atoms with van der Waals surface area (Å²) in [6, 6.07) is 6.36. The van der Waals surface area contributed by atoms with Gasteiger partial charge in [-0.05, 0) is 30.5 Å². The first-order chi connectivity index (χ1) is 12.3. The zero-order chi connectivity index (χ0) is 18.7. The minimum absolute atomic E-state index is 0.201. The molecule has 6 nitrogen and oxygen atoms in total. The lowest BCUT2D eigenvalue weighted by Crippen LogP contribution is -2.43. The lowest BCUT2D eigenvalue weighted by atomic mass is 9.99. The smallest absolute Gasteiger partial charge is 0.230 e. The number of piperidine rings is 1. The van der Waals surface area contributed by atoms with Gasteiger partial charge in [0.1, 0.15) is 5.82 Å². The summed E-state index contributed by atoms with van der Waals surface area (Å²) in [6.45, 7) is 0.657. The van der Waals surface area contributed by atoms with Gasteiger partial charge in [-0.2, -0.15) is 0 Å². The van der Waals surface area contributed by atoms with Crippen LogP contribution in [0.1, 0.15) is 23.3 Å². The average molecular weight is 397 g/mol. The summed E-state index contributed by atoms with van der Waals surface area (Å²) in [5.74, 6) is -0.882. The maximum Gasteiger partial charge on any atom is 0.230 e. The molecule has 3 rings (SSSR count). The summed E-state index contributed by atoms with van der Waals surface area (Å²) in [5.41, 5.74) is 0.836. The fourth-order valence-corrected chi connectivity index (χ4v) is 4.72. The van der Waals surface area contributed by atoms with Crippen molar-refractivity contribution in [1.82, 2.24) is 9.29 Å². The van der Waals surface area contributed by atoms with Crippen LogP contribution in [0.15, 0.2) is 30.5 Å². The highest BCUT2D eigenvalue weighted by Gasteiger charge is 2.30. The van der Waals surface area contributed by atoms with E-state index in [9.17, 15) is 17.6 Å². The van der Waals surface area contributed by atoms with E-state index in [2.05, 4.69) is 10.3 Å². The minimum atomic E-state index is -3.29. The molecule has 0 saturated carbocycles. The topological polar surface area (TPSA) is 79.4 Å². The summed E-state index contributed by atoms with van der Waals surface area (Å²) in [4.78, 5) is 17.5. The molecule has 0 aliphatic carbocycles. The van der Waals surface area contributed by atoms with Gasteiger partial charge < -0.3 is 5.32 Å². The monoisotopic (exact) mass is 397 g/mol. The molecule has 1 aliphatic rings. The van der Waals surface area contributed by atoms with Crippen molar-refractivity contribution in [2.75, 3.05) is 24.7 Å². The van der Waals surface area contributed by atoms with Gasteiger partial charge in [-0.15, -0.1) is 11.3 Å². The number of hydrogen-bond acceptors (Lipinski definition) is 5.